The minimum atomic E-state index is -1.00. The zero-order chi connectivity index (χ0) is 9.47. The van der Waals surface area contributed by atoms with Crippen LogP contribution in [-0.4, -0.2) is 11.7 Å². The van der Waals surface area contributed by atoms with E-state index in [9.17, 15) is 9.50 Å². The number of benzene rings is 1. The molecule has 0 aromatic heterocycles. The maximum atomic E-state index is 13.2. The molecule has 4 heteroatoms. The first-order valence-corrected chi connectivity index (χ1v) is 4.38. The first kappa shape index (κ1) is 11.4. The van der Waals surface area contributed by atoms with Crippen molar-refractivity contribution in [1.29, 1.82) is 0 Å². The number of hydrogen-bond donors (Lipinski definition) is 2. The van der Waals surface area contributed by atoms with Crippen LogP contribution < -0.4 is 5.73 Å². The van der Waals surface area contributed by atoms with E-state index in [0.29, 0.717) is 24.0 Å². The molecule has 0 saturated heterocycles. The molecule has 0 fully saturated rings. The summed E-state index contributed by atoms with van der Waals surface area (Å²) in [5, 5.41) is 9.98. The summed E-state index contributed by atoms with van der Waals surface area (Å²) in [6, 6.07) is 4.78. The predicted molar refractivity (Wildman–Crippen MR) is 54.9 cm³/mol. The summed E-state index contributed by atoms with van der Waals surface area (Å²) in [6.07, 6.45) is 1.11. The first-order chi connectivity index (χ1) is 6.17. The molecule has 1 unspecified atom stereocenters. The highest BCUT2D eigenvalue weighted by Crippen LogP contribution is 2.36. The summed E-state index contributed by atoms with van der Waals surface area (Å²) in [4.78, 5) is 0. The smallest absolute Gasteiger partial charge is 0.126 e. The number of aliphatic hydroxyl groups is 1. The molecule has 1 aromatic carbocycles. The van der Waals surface area contributed by atoms with E-state index in [4.69, 9.17) is 5.73 Å². The topological polar surface area (TPSA) is 46.2 Å². The molecule has 0 heterocycles. The maximum Gasteiger partial charge on any atom is 0.126 e. The Morgan fingerprint density at radius 2 is 2.21 bits per heavy atom. The van der Waals surface area contributed by atoms with E-state index in [1.54, 1.807) is 12.1 Å². The lowest BCUT2D eigenvalue weighted by Crippen LogP contribution is -2.32. The van der Waals surface area contributed by atoms with Gasteiger partial charge in [0.1, 0.15) is 11.4 Å². The van der Waals surface area contributed by atoms with Crippen LogP contribution in [0.25, 0.3) is 0 Å². The zero-order valence-corrected chi connectivity index (χ0v) is 8.48. The fraction of sp³-hybridized carbons (Fsp3) is 0.400. The minimum absolute atomic E-state index is 0. The van der Waals surface area contributed by atoms with E-state index in [1.807, 2.05) is 0 Å². The molecular formula is C10H13ClFNO. The highest BCUT2D eigenvalue weighted by atomic mass is 35.5. The highest BCUT2D eigenvalue weighted by molar-refractivity contribution is 5.85. The van der Waals surface area contributed by atoms with Gasteiger partial charge in [-0.15, -0.1) is 12.4 Å². The van der Waals surface area contributed by atoms with Gasteiger partial charge in [0.25, 0.3) is 0 Å². The molecular weight excluding hydrogens is 205 g/mol. The van der Waals surface area contributed by atoms with Gasteiger partial charge in [0.15, 0.2) is 0 Å². The van der Waals surface area contributed by atoms with Crippen LogP contribution in [0.4, 0.5) is 4.39 Å². The van der Waals surface area contributed by atoms with E-state index < -0.39 is 5.60 Å². The lowest BCUT2D eigenvalue weighted by Gasteiger charge is -2.21. The van der Waals surface area contributed by atoms with Gasteiger partial charge < -0.3 is 10.8 Å². The van der Waals surface area contributed by atoms with Gasteiger partial charge in [-0.2, -0.15) is 0 Å². The molecule has 0 amide bonds. The summed E-state index contributed by atoms with van der Waals surface area (Å²) in [7, 11) is 0. The third-order valence-corrected chi connectivity index (χ3v) is 2.75. The molecule has 0 spiro atoms. The van der Waals surface area contributed by atoms with Gasteiger partial charge in [-0.1, -0.05) is 12.1 Å². The molecule has 14 heavy (non-hydrogen) atoms. The number of halogens is 2. The molecule has 78 valence electrons. The Labute approximate surface area is 88.3 Å². The normalized spacial score (nSPS) is 24.2. The second-order valence-electron chi connectivity index (χ2n) is 3.50. The van der Waals surface area contributed by atoms with Crippen molar-refractivity contribution in [2.24, 2.45) is 5.73 Å². The van der Waals surface area contributed by atoms with Crippen molar-refractivity contribution in [3.05, 3.63) is 35.1 Å². The molecule has 0 saturated carbocycles. The molecule has 1 atom stereocenters. The van der Waals surface area contributed by atoms with Crippen LogP contribution in [0.2, 0.25) is 0 Å². The largest absolute Gasteiger partial charge is 0.384 e. The predicted octanol–water partition coefficient (Wildman–Crippen LogP) is 1.34. The van der Waals surface area contributed by atoms with Gasteiger partial charge in [-0.25, -0.2) is 4.39 Å². The fourth-order valence-electron chi connectivity index (χ4n) is 1.93. The Bertz CT molecular complexity index is 345. The third kappa shape index (κ3) is 1.52. The van der Waals surface area contributed by atoms with Gasteiger partial charge in [0.2, 0.25) is 0 Å². The second kappa shape index (κ2) is 3.85. The van der Waals surface area contributed by atoms with Crippen LogP contribution in [0.3, 0.4) is 0 Å². The lowest BCUT2D eigenvalue weighted by molar-refractivity contribution is 0.0481. The highest BCUT2D eigenvalue weighted by Gasteiger charge is 2.36. The molecule has 0 radical (unpaired) electrons. The van der Waals surface area contributed by atoms with Gasteiger partial charge in [-0.05, 0) is 30.0 Å². The molecule has 1 aliphatic carbocycles. The van der Waals surface area contributed by atoms with Gasteiger partial charge >= 0.3 is 0 Å². The Morgan fingerprint density at radius 1 is 1.50 bits per heavy atom. The van der Waals surface area contributed by atoms with Crippen molar-refractivity contribution in [3.63, 3.8) is 0 Å². The number of rotatable bonds is 1. The number of fused-ring (bicyclic) bond motifs is 1. The number of nitrogens with two attached hydrogens (primary N) is 1. The van der Waals surface area contributed by atoms with Gasteiger partial charge in [0.05, 0.1) is 0 Å². The third-order valence-electron chi connectivity index (χ3n) is 2.75. The second-order valence-corrected chi connectivity index (χ2v) is 3.50. The molecule has 2 rings (SSSR count). The van der Waals surface area contributed by atoms with E-state index >= 15 is 0 Å². The molecule has 3 N–H and O–H groups in total. The summed E-state index contributed by atoms with van der Waals surface area (Å²) < 4.78 is 13.2. The zero-order valence-electron chi connectivity index (χ0n) is 7.66. The van der Waals surface area contributed by atoms with Crippen LogP contribution in [0.15, 0.2) is 18.2 Å². The number of hydrogen-bond acceptors (Lipinski definition) is 2. The summed E-state index contributed by atoms with van der Waals surface area (Å²) in [5.41, 5.74) is 5.74. The van der Waals surface area contributed by atoms with Crippen LogP contribution in [0.1, 0.15) is 17.5 Å². The average Bonchev–Trinajstić information content (AvgIpc) is 2.47. The van der Waals surface area contributed by atoms with E-state index in [1.165, 1.54) is 6.07 Å². The summed E-state index contributed by atoms with van der Waals surface area (Å²) in [5.74, 6) is -0.234. The van der Waals surface area contributed by atoms with E-state index in [2.05, 4.69) is 0 Å². The van der Waals surface area contributed by atoms with E-state index in [0.717, 1.165) is 0 Å². The first-order valence-electron chi connectivity index (χ1n) is 4.38. The van der Waals surface area contributed by atoms with Crippen LogP contribution in [0, 0.1) is 5.82 Å². The Morgan fingerprint density at radius 3 is 2.86 bits per heavy atom. The molecule has 1 aliphatic rings. The van der Waals surface area contributed by atoms with Crippen molar-refractivity contribution in [3.8, 4) is 0 Å². The van der Waals surface area contributed by atoms with Crippen LogP contribution in [-0.2, 0) is 12.0 Å². The van der Waals surface area contributed by atoms with Crippen molar-refractivity contribution in [2.45, 2.75) is 18.4 Å². The van der Waals surface area contributed by atoms with Crippen molar-refractivity contribution in [2.75, 3.05) is 6.54 Å². The standard InChI is InChI=1S/C10H12FNO.ClH/c11-9-3-1-2-8-7(9)4-5-10(8,13)6-12;/h1-3,13H,4-6,12H2;1H. The monoisotopic (exact) mass is 217 g/mol. The quantitative estimate of drug-likeness (QED) is 0.746. The average molecular weight is 218 g/mol. The fourth-order valence-corrected chi connectivity index (χ4v) is 1.93. The Balaban J connectivity index is 0.000000980. The van der Waals surface area contributed by atoms with Crippen LogP contribution >= 0.6 is 12.4 Å². The van der Waals surface area contributed by atoms with E-state index in [-0.39, 0.29) is 24.8 Å². The molecule has 0 aliphatic heterocycles. The minimum Gasteiger partial charge on any atom is -0.384 e. The summed E-state index contributed by atoms with van der Waals surface area (Å²) in [6.45, 7) is 0.156. The van der Waals surface area contributed by atoms with Crippen molar-refractivity contribution < 1.29 is 9.50 Å². The Hall–Kier alpha value is -0.640. The van der Waals surface area contributed by atoms with Crippen molar-refractivity contribution >= 4 is 12.4 Å². The Kier molecular flexibility index (Phi) is 3.14. The van der Waals surface area contributed by atoms with Gasteiger partial charge in [0, 0.05) is 6.54 Å². The maximum absolute atomic E-state index is 13.2. The lowest BCUT2D eigenvalue weighted by atomic mass is 9.96. The molecule has 2 nitrogen and oxygen atoms in total. The summed E-state index contributed by atoms with van der Waals surface area (Å²) >= 11 is 0. The van der Waals surface area contributed by atoms with Gasteiger partial charge in [-0.3, -0.25) is 0 Å². The SMILES string of the molecule is Cl.NCC1(O)CCc2c(F)cccc21. The molecule has 1 aromatic rings. The van der Waals surface area contributed by atoms with Crippen molar-refractivity contribution in [1.82, 2.24) is 0 Å². The van der Waals surface area contributed by atoms with Crippen LogP contribution in [0.5, 0.6) is 0 Å². The molecule has 0 bridgehead atoms.